The summed E-state index contributed by atoms with van der Waals surface area (Å²) in [4.78, 5) is 64.5. The van der Waals surface area contributed by atoms with Crippen molar-refractivity contribution in [3.8, 4) is 17.4 Å². The van der Waals surface area contributed by atoms with E-state index in [2.05, 4.69) is 15.4 Å². The SMILES string of the molecule is CCOc1cc(O[C@@H]2C[C@H]3C(=O)N[C@]4(C(=O)NS(=O)(=O)C5(C)CC5)C[C@H]4/C=C\CCCCC[C@H](NC(=O)N4CC(C)(OC)C4)C(=O)N3C2)c2ccc(OC)c(C)c2n1. The number of fused-ring (bicyclic) bond motifs is 3. The van der Waals surface area contributed by atoms with Crippen LogP contribution in [-0.2, 0) is 29.1 Å². The van der Waals surface area contributed by atoms with Crippen molar-refractivity contribution >= 4 is 44.7 Å². The number of hydrogen-bond acceptors (Lipinski definition) is 11. The van der Waals surface area contributed by atoms with Crippen molar-refractivity contribution in [3.63, 3.8) is 0 Å². The van der Waals surface area contributed by atoms with Crippen LogP contribution in [0.1, 0.15) is 84.1 Å². The van der Waals surface area contributed by atoms with Gasteiger partial charge in [0.1, 0.15) is 40.8 Å². The van der Waals surface area contributed by atoms with Gasteiger partial charge in [0.2, 0.25) is 27.7 Å². The van der Waals surface area contributed by atoms with E-state index in [1.807, 2.05) is 45.1 Å². The minimum Gasteiger partial charge on any atom is -0.496 e. The molecule has 4 fully saturated rings. The molecule has 2 saturated heterocycles. The maximum absolute atomic E-state index is 14.8. The first kappa shape index (κ1) is 41.5. The van der Waals surface area contributed by atoms with Crippen molar-refractivity contribution in [2.45, 2.75) is 120 Å². The van der Waals surface area contributed by atoms with Gasteiger partial charge in [-0.1, -0.05) is 25.0 Å². The number of aromatic nitrogens is 1. The summed E-state index contributed by atoms with van der Waals surface area (Å²) < 4.78 is 51.2. The number of sulfonamides is 1. The van der Waals surface area contributed by atoms with Crippen LogP contribution in [0.15, 0.2) is 30.4 Å². The van der Waals surface area contributed by atoms with Crippen molar-refractivity contribution < 1.29 is 46.5 Å². The third kappa shape index (κ3) is 8.03. The van der Waals surface area contributed by atoms with Crippen LogP contribution in [0.3, 0.4) is 0 Å². The zero-order valence-electron chi connectivity index (χ0n) is 34.2. The minimum atomic E-state index is -4.00. The molecule has 3 aliphatic heterocycles. The highest BCUT2D eigenvalue weighted by molar-refractivity contribution is 7.91. The Labute approximate surface area is 339 Å². The number of benzene rings is 1. The van der Waals surface area contributed by atoms with Gasteiger partial charge in [-0.3, -0.25) is 19.1 Å². The van der Waals surface area contributed by atoms with Crippen LogP contribution in [0.25, 0.3) is 10.9 Å². The Hall–Kier alpha value is -4.64. The lowest BCUT2D eigenvalue weighted by Gasteiger charge is -2.47. The van der Waals surface area contributed by atoms with Crippen LogP contribution in [0.5, 0.6) is 17.4 Å². The Morgan fingerprint density at radius 3 is 2.52 bits per heavy atom. The van der Waals surface area contributed by atoms with Gasteiger partial charge in [-0.25, -0.2) is 18.2 Å². The highest BCUT2D eigenvalue weighted by Gasteiger charge is 2.63. The first-order valence-corrected chi connectivity index (χ1v) is 21.8. The first-order valence-electron chi connectivity index (χ1n) is 20.3. The molecule has 5 atom stereocenters. The van der Waals surface area contributed by atoms with Crippen molar-refractivity contribution in [2.75, 3.05) is 40.5 Å². The lowest BCUT2D eigenvalue weighted by atomic mass is 9.97. The molecule has 5 amide bonds. The highest BCUT2D eigenvalue weighted by Crippen LogP contribution is 2.48. The number of aryl methyl sites for hydroxylation is 1. The summed E-state index contributed by atoms with van der Waals surface area (Å²) >= 11 is 0. The molecule has 3 N–H and O–H groups in total. The van der Waals surface area contributed by atoms with Crippen LogP contribution in [0.4, 0.5) is 4.79 Å². The third-order valence-corrected chi connectivity index (χ3v) is 14.7. The van der Waals surface area contributed by atoms with Gasteiger partial charge in [0, 0.05) is 36.5 Å². The standard InChI is InChI=1S/C41H56N6O10S/c1-7-56-33-20-32(28-15-16-31(54-5)25(2)34(28)43-33)57-27-19-30-35(48)44-41(37(50)45-58(52,53)40(4)17-18-40)21-26(41)13-11-9-8-10-12-14-29(36(49)47(30)22-27)42-38(51)46-23-39(3,24-46)55-6/h11,13,15-16,20,26-27,29-30H,7-10,12,14,17-19,21-24H2,1-6H3,(H,42,51)(H,44,48)(H,45,50)/b13-11-/t26-,27-,29+,30+,41-/m1/s1. The monoisotopic (exact) mass is 824 g/mol. The van der Waals surface area contributed by atoms with Gasteiger partial charge < -0.3 is 39.4 Å². The van der Waals surface area contributed by atoms with Crippen LogP contribution in [0.2, 0.25) is 0 Å². The molecule has 5 aliphatic rings. The van der Waals surface area contributed by atoms with Gasteiger partial charge in [-0.05, 0) is 78.4 Å². The second-order valence-corrected chi connectivity index (χ2v) is 19.1. The topological polar surface area (TPSA) is 195 Å². The number of amides is 5. The molecule has 17 heteroatoms. The fourth-order valence-corrected chi connectivity index (χ4v) is 9.61. The number of ether oxygens (including phenoxy) is 4. The Bertz CT molecular complexity index is 2100. The summed E-state index contributed by atoms with van der Waals surface area (Å²) in [5.41, 5.74) is -0.610. The van der Waals surface area contributed by atoms with Gasteiger partial charge in [0.05, 0.1) is 43.6 Å². The maximum atomic E-state index is 14.8. The number of likely N-dealkylation sites (tertiary alicyclic amines) is 1. The summed E-state index contributed by atoms with van der Waals surface area (Å²) in [6.45, 7) is 8.31. The van der Waals surface area contributed by atoms with Crippen LogP contribution >= 0.6 is 0 Å². The van der Waals surface area contributed by atoms with E-state index in [9.17, 15) is 27.6 Å². The largest absolute Gasteiger partial charge is 0.496 e. The van der Waals surface area contributed by atoms with Crippen LogP contribution in [0, 0.1) is 12.8 Å². The van der Waals surface area contributed by atoms with E-state index < -0.39 is 73.8 Å². The molecule has 0 bridgehead atoms. The molecule has 2 aliphatic carbocycles. The summed E-state index contributed by atoms with van der Waals surface area (Å²) in [7, 11) is -0.825. The predicted octanol–water partition coefficient (Wildman–Crippen LogP) is 3.49. The second-order valence-electron chi connectivity index (χ2n) is 16.9. The molecule has 1 aromatic heterocycles. The van der Waals surface area contributed by atoms with Crippen molar-refractivity contribution in [1.82, 2.24) is 30.1 Å². The van der Waals surface area contributed by atoms with Gasteiger partial charge in [-0.2, -0.15) is 0 Å². The Balaban J connectivity index is 1.21. The van der Waals surface area contributed by atoms with E-state index in [1.165, 1.54) is 4.90 Å². The van der Waals surface area contributed by atoms with E-state index in [4.69, 9.17) is 23.9 Å². The normalized spacial score (nSPS) is 28.4. The number of pyridine rings is 1. The van der Waals surface area contributed by atoms with Crippen LogP contribution in [-0.4, -0.2) is 121 Å². The molecule has 316 valence electrons. The second kappa shape index (κ2) is 15.8. The summed E-state index contributed by atoms with van der Waals surface area (Å²) in [6.07, 6.45) is 7.51. The third-order valence-electron chi connectivity index (χ3n) is 12.5. The number of methoxy groups -OCH3 is 2. The zero-order valence-corrected chi connectivity index (χ0v) is 35.0. The van der Waals surface area contributed by atoms with Gasteiger partial charge >= 0.3 is 6.03 Å². The number of nitrogens with zero attached hydrogens (tertiary/aromatic N) is 3. The average Bonchev–Trinajstić information content (AvgIpc) is 4.06. The van der Waals surface area contributed by atoms with E-state index in [-0.39, 0.29) is 19.4 Å². The highest BCUT2D eigenvalue weighted by atomic mass is 32.2. The molecule has 0 spiro atoms. The lowest BCUT2D eigenvalue weighted by Crippen LogP contribution is -2.66. The predicted molar refractivity (Wildman–Crippen MR) is 214 cm³/mol. The van der Waals surface area contributed by atoms with E-state index in [0.717, 1.165) is 18.4 Å². The molecule has 7 rings (SSSR count). The summed E-state index contributed by atoms with van der Waals surface area (Å²) in [6, 6.07) is 2.87. The molecule has 2 saturated carbocycles. The molecule has 4 heterocycles. The number of allylic oxidation sites excluding steroid dienone is 1. The van der Waals surface area contributed by atoms with Crippen molar-refractivity contribution in [1.29, 1.82) is 0 Å². The number of carbonyl (C=O) groups excluding carboxylic acids is 4. The Morgan fingerprint density at radius 1 is 1.07 bits per heavy atom. The Kier molecular flexibility index (Phi) is 11.3. The minimum absolute atomic E-state index is 0.00701. The summed E-state index contributed by atoms with van der Waals surface area (Å²) in [5, 5.41) is 6.55. The molecule has 0 unspecified atom stereocenters. The van der Waals surface area contributed by atoms with Gasteiger partial charge in [0.15, 0.2) is 0 Å². The number of nitrogens with one attached hydrogen (secondary N) is 3. The zero-order chi connectivity index (χ0) is 41.6. The quantitative estimate of drug-likeness (QED) is 0.297. The van der Waals surface area contributed by atoms with Crippen molar-refractivity contribution in [2.24, 2.45) is 5.92 Å². The maximum Gasteiger partial charge on any atom is 0.318 e. The molecule has 0 radical (unpaired) electrons. The van der Waals surface area contributed by atoms with E-state index in [1.54, 1.807) is 32.1 Å². The molecular formula is C41H56N6O10S. The fraction of sp³-hybridized carbons (Fsp3) is 0.634. The molecule has 16 nitrogen and oxygen atoms in total. The molecule has 58 heavy (non-hydrogen) atoms. The summed E-state index contributed by atoms with van der Waals surface area (Å²) in [5.74, 6) is -0.901. The fourth-order valence-electron chi connectivity index (χ4n) is 8.30. The molecular weight excluding hydrogens is 769 g/mol. The Morgan fingerprint density at radius 2 is 1.83 bits per heavy atom. The van der Waals surface area contributed by atoms with E-state index >= 15 is 0 Å². The number of rotatable bonds is 10. The number of urea groups is 1. The number of carbonyl (C=O) groups is 4. The molecule has 2 aromatic rings. The van der Waals surface area contributed by atoms with Crippen LogP contribution < -0.4 is 29.6 Å². The lowest BCUT2D eigenvalue weighted by molar-refractivity contribution is -0.141. The molecule has 1 aromatic carbocycles. The van der Waals surface area contributed by atoms with Gasteiger partial charge in [-0.15, -0.1) is 0 Å². The smallest absolute Gasteiger partial charge is 0.318 e. The van der Waals surface area contributed by atoms with E-state index in [0.29, 0.717) is 80.1 Å². The number of hydrogen-bond donors (Lipinski definition) is 3. The van der Waals surface area contributed by atoms with Crippen molar-refractivity contribution in [3.05, 3.63) is 35.9 Å². The van der Waals surface area contributed by atoms with Gasteiger partial charge in [0.25, 0.3) is 5.91 Å². The average molecular weight is 825 g/mol. The first-order chi connectivity index (χ1) is 27.6.